The maximum atomic E-state index is 10.1. The van der Waals surface area contributed by atoms with Crippen LogP contribution in [0.2, 0.25) is 0 Å². The van der Waals surface area contributed by atoms with Crippen LogP contribution < -0.4 is 0 Å². The fourth-order valence-electron chi connectivity index (χ4n) is 0.587. The first kappa shape index (κ1) is 9.69. The first-order valence-electron chi connectivity index (χ1n) is 2.58. The Bertz CT molecular complexity index is 223. The molecule has 1 radical (unpaired) electrons. The van der Waals surface area contributed by atoms with E-state index in [-0.39, 0.29) is 35.3 Å². The predicted octanol–water partition coefficient (Wildman–Crippen LogP) is 0.824. The molecule has 0 fully saturated rings. The standard InChI is InChI=1S/C7H6O2.Na/c8-5-6-3-1-2-4-7(6)9;/h1-5,9H;. The Morgan fingerprint density at radius 2 is 1.90 bits per heavy atom. The van der Waals surface area contributed by atoms with Crippen LogP contribution in [0.4, 0.5) is 0 Å². The summed E-state index contributed by atoms with van der Waals surface area (Å²) in [6.45, 7) is 0. The van der Waals surface area contributed by atoms with E-state index in [9.17, 15) is 4.79 Å². The van der Waals surface area contributed by atoms with E-state index in [0.717, 1.165) is 0 Å². The summed E-state index contributed by atoms with van der Waals surface area (Å²) in [4.78, 5) is 10.1. The molecule has 0 saturated heterocycles. The quantitative estimate of drug-likeness (QED) is 0.469. The van der Waals surface area contributed by atoms with Gasteiger partial charge in [-0.25, -0.2) is 0 Å². The van der Waals surface area contributed by atoms with Gasteiger partial charge in [0.05, 0.1) is 5.56 Å². The van der Waals surface area contributed by atoms with Gasteiger partial charge in [-0.05, 0) is 12.1 Å². The average Bonchev–Trinajstić information content (AvgIpc) is 1.89. The molecule has 1 rings (SSSR count). The summed E-state index contributed by atoms with van der Waals surface area (Å²) in [6.07, 6.45) is 0.620. The second-order valence-corrected chi connectivity index (χ2v) is 1.68. The Hall–Kier alpha value is -0.310. The van der Waals surface area contributed by atoms with Gasteiger partial charge in [0.1, 0.15) is 5.75 Å². The number of para-hydroxylation sites is 1. The molecule has 1 aromatic carbocycles. The summed E-state index contributed by atoms with van der Waals surface area (Å²) >= 11 is 0. The van der Waals surface area contributed by atoms with Crippen molar-refractivity contribution in [2.75, 3.05) is 0 Å². The van der Waals surface area contributed by atoms with Crippen molar-refractivity contribution >= 4 is 35.8 Å². The van der Waals surface area contributed by atoms with Crippen molar-refractivity contribution in [3.8, 4) is 5.75 Å². The second kappa shape index (κ2) is 4.50. The van der Waals surface area contributed by atoms with Crippen LogP contribution in [0.1, 0.15) is 10.4 Å². The number of carbonyl (C=O) groups is 1. The van der Waals surface area contributed by atoms with E-state index in [1.807, 2.05) is 0 Å². The van der Waals surface area contributed by atoms with Gasteiger partial charge in [0.25, 0.3) is 0 Å². The van der Waals surface area contributed by atoms with E-state index >= 15 is 0 Å². The smallest absolute Gasteiger partial charge is 0.153 e. The summed E-state index contributed by atoms with van der Waals surface area (Å²) in [5, 5.41) is 8.88. The van der Waals surface area contributed by atoms with Gasteiger partial charge in [0, 0.05) is 29.6 Å². The van der Waals surface area contributed by atoms with Crippen LogP contribution in [0.5, 0.6) is 5.75 Å². The van der Waals surface area contributed by atoms with E-state index in [4.69, 9.17) is 5.11 Å². The van der Waals surface area contributed by atoms with Gasteiger partial charge < -0.3 is 5.11 Å². The SMILES string of the molecule is O=Cc1ccccc1O.[Na]. The van der Waals surface area contributed by atoms with Crippen LogP contribution in [0.15, 0.2) is 24.3 Å². The molecule has 0 aromatic heterocycles. The fourth-order valence-corrected chi connectivity index (χ4v) is 0.587. The third-order valence-electron chi connectivity index (χ3n) is 1.06. The van der Waals surface area contributed by atoms with E-state index in [2.05, 4.69) is 0 Å². The summed E-state index contributed by atoms with van der Waals surface area (Å²) in [6, 6.07) is 6.40. The van der Waals surface area contributed by atoms with Crippen molar-refractivity contribution in [1.29, 1.82) is 0 Å². The van der Waals surface area contributed by atoms with Crippen molar-refractivity contribution < 1.29 is 9.90 Å². The van der Waals surface area contributed by atoms with Crippen molar-refractivity contribution in [3.63, 3.8) is 0 Å². The Morgan fingerprint density at radius 3 is 2.30 bits per heavy atom. The van der Waals surface area contributed by atoms with Crippen LogP contribution in [-0.4, -0.2) is 40.9 Å². The van der Waals surface area contributed by atoms with E-state index in [1.54, 1.807) is 18.2 Å². The van der Waals surface area contributed by atoms with Crippen LogP contribution in [0.25, 0.3) is 0 Å². The zero-order valence-corrected chi connectivity index (χ0v) is 7.74. The number of carbonyl (C=O) groups excluding carboxylic acids is 1. The third kappa shape index (κ3) is 2.14. The van der Waals surface area contributed by atoms with E-state index in [0.29, 0.717) is 11.8 Å². The maximum Gasteiger partial charge on any atom is 0.153 e. The molecule has 3 heteroatoms. The van der Waals surface area contributed by atoms with Gasteiger partial charge >= 0.3 is 0 Å². The molecule has 0 aliphatic rings. The monoisotopic (exact) mass is 145 g/mol. The van der Waals surface area contributed by atoms with Crippen molar-refractivity contribution in [2.45, 2.75) is 0 Å². The molecule has 2 nitrogen and oxygen atoms in total. The summed E-state index contributed by atoms with van der Waals surface area (Å²) < 4.78 is 0. The van der Waals surface area contributed by atoms with Crippen LogP contribution in [0.3, 0.4) is 0 Å². The molecule has 0 aliphatic heterocycles. The van der Waals surface area contributed by atoms with Gasteiger partial charge in [0.15, 0.2) is 6.29 Å². The number of phenolic OH excluding ortho intramolecular Hbond substituents is 1. The molecule has 0 unspecified atom stereocenters. The molecule has 0 heterocycles. The molecular weight excluding hydrogens is 139 g/mol. The van der Waals surface area contributed by atoms with Crippen molar-refractivity contribution in [1.82, 2.24) is 0 Å². The Kier molecular flexibility index (Phi) is 4.36. The van der Waals surface area contributed by atoms with E-state index < -0.39 is 0 Å². The molecule has 0 saturated carbocycles. The molecule has 1 aromatic rings. The normalized spacial score (nSPS) is 8.00. The number of aromatic hydroxyl groups is 1. The van der Waals surface area contributed by atoms with Crippen molar-refractivity contribution in [3.05, 3.63) is 29.8 Å². The zero-order chi connectivity index (χ0) is 6.69. The summed E-state index contributed by atoms with van der Waals surface area (Å²) in [5.41, 5.74) is 0.331. The van der Waals surface area contributed by atoms with Crippen LogP contribution in [0, 0.1) is 0 Å². The molecule has 10 heavy (non-hydrogen) atoms. The van der Waals surface area contributed by atoms with Gasteiger partial charge in [-0.3, -0.25) is 4.79 Å². The average molecular weight is 145 g/mol. The first-order valence-corrected chi connectivity index (χ1v) is 2.58. The Labute approximate surface area is 81.2 Å². The molecule has 0 aliphatic carbocycles. The molecular formula is C7H6NaO2. The number of phenols is 1. The first-order chi connectivity index (χ1) is 4.34. The Morgan fingerprint density at radius 1 is 1.30 bits per heavy atom. The zero-order valence-electron chi connectivity index (χ0n) is 5.74. The van der Waals surface area contributed by atoms with Gasteiger partial charge in [-0.2, -0.15) is 0 Å². The van der Waals surface area contributed by atoms with Crippen molar-refractivity contribution in [2.24, 2.45) is 0 Å². The van der Waals surface area contributed by atoms with Gasteiger partial charge in [-0.15, -0.1) is 0 Å². The van der Waals surface area contributed by atoms with Gasteiger partial charge in [-0.1, -0.05) is 12.1 Å². The number of benzene rings is 1. The molecule has 0 atom stereocenters. The molecule has 0 amide bonds. The third-order valence-corrected chi connectivity index (χ3v) is 1.06. The summed E-state index contributed by atoms with van der Waals surface area (Å²) in [5.74, 6) is 0.0347. The largest absolute Gasteiger partial charge is 0.507 e. The maximum absolute atomic E-state index is 10.1. The minimum Gasteiger partial charge on any atom is -0.507 e. The topological polar surface area (TPSA) is 37.3 Å². The molecule has 0 spiro atoms. The second-order valence-electron chi connectivity index (χ2n) is 1.68. The molecule has 47 valence electrons. The predicted molar refractivity (Wildman–Crippen MR) is 39.2 cm³/mol. The molecule has 0 bridgehead atoms. The number of rotatable bonds is 1. The van der Waals surface area contributed by atoms with Crippen LogP contribution >= 0.6 is 0 Å². The van der Waals surface area contributed by atoms with Gasteiger partial charge in [0.2, 0.25) is 0 Å². The minimum atomic E-state index is 0. The van der Waals surface area contributed by atoms with E-state index in [1.165, 1.54) is 6.07 Å². The minimum absolute atomic E-state index is 0. The Balaban J connectivity index is 0.000000810. The number of hydrogen-bond donors (Lipinski definition) is 1. The molecule has 1 N–H and O–H groups in total. The summed E-state index contributed by atoms with van der Waals surface area (Å²) in [7, 11) is 0. The number of hydrogen-bond acceptors (Lipinski definition) is 2. The fraction of sp³-hybridized carbons (Fsp3) is 0. The van der Waals surface area contributed by atoms with Crippen LogP contribution in [-0.2, 0) is 0 Å². The number of aldehydes is 1.